The molecule has 8 nitrogen and oxygen atoms in total. The van der Waals surface area contributed by atoms with E-state index < -0.39 is 5.97 Å². The zero-order valence-electron chi connectivity index (χ0n) is 13.8. The third kappa shape index (κ3) is 5.96. The molecule has 2 aromatic rings. The second-order valence-corrected chi connectivity index (χ2v) is 5.88. The van der Waals surface area contributed by atoms with E-state index >= 15 is 0 Å². The monoisotopic (exact) mass is 362 g/mol. The fourth-order valence-corrected chi connectivity index (χ4v) is 2.51. The lowest BCUT2D eigenvalue weighted by atomic mass is 10.3. The quantitative estimate of drug-likeness (QED) is 0.514. The van der Waals surface area contributed by atoms with Crippen LogP contribution in [0.25, 0.3) is 0 Å². The number of hydrogen-bond donors (Lipinski definition) is 3. The van der Waals surface area contributed by atoms with Gasteiger partial charge in [-0.2, -0.15) is 0 Å². The van der Waals surface area contributed by atoms with Crippen LogP contribution in [0.5, 0.6) is 0 Å². The van der Waals surface area contributed by atoms with E-state index in [4.69, 9.17) is 4.74 Å². The molecule has 0 aliphatic heterocycles. The first-order valence-corrected chi connectivity index (χ1v) is 8.49. The third-order valence-corrected chi connectivity index (χ3v) is 3.76. The number of rotatable bonds is 7. The molecular weight excluding hydrogens is 344 g/mol. The molecule has 1 aromatic carbocycles. The minimum atomic E-state index is -0.481. The zero-order chi connectivity index (χ0) is 18.2. The van der Waals surface area contributed by atoms with Crippen molar-refractivity contribution in [3.8, 4) is 0 Å². The molecule has 3 N–H and O–H groups in total. The third-order valence-electron chi connectivity index (χ3n) is 2.88. The van der Waals surface area contributed by atoms with Gasteiger partial charge < -0.3 is 20.4 Å². The maximum Gasteiger partial charge on any atom is 0.356 e. The van der Waals surface area contributed by atoms with Crippen LogP contribution >= 0.6 is 11.8 Å². The van der Waals surface area contributed by atoms with Gasteiger partial charge in [-0.15, -0.1) is 0 Å². The van der Waals surface area contributed by atoms with Crippen LogP contribution in [0, 0.1) is 0 Å². The van der Waals surface area contributed by atoms with Crippen LogP contribution in [0.4, 0.5) is 11.4 Å². The Labute approximate surface area is 148 Å². The van der Waals surface area contributed by atoms with Crippen molar-refractivity contribution >= 4 is 40.9 Å². The van der Waals surface area contributed by atoms with Gasteiger partial charge in [-0.05, 0) is 31.2 Å². The van der Waals surface area contributed by atoms with E-state index in [0.29, 0.717) is 16.5 Å². The summed E-state index contributed by atoms with van der Waals surface area (Å²) in [4.78, 5) is 41.3. The summed E-state index contributed by atoms with van der Waals surface area (Å²) in [7, 11) is 0. The van der Waals surface area contributed by atoms with E-state index in [-0.39, 0.29) is 29.9 Å². The summed E-state index contributed by atoms with van der Waals surface area (Å²) in [5, 5.41) is 5.84. The van der Waals surface area contributed by atoms with E-state index in [1.807, 2.05) is 0 Å². The number of ether oxygens (including phenoxy) is 1. The van der Waals surface area contributed by atoms with Crippen LogP contribution in [-0.2, 0) is 14.3 Å². The summed E-state index contributed by atoms with van der Waals surface area (Å²) < 4.78 is 4.85. The molecule has 0 fully saturated rings. The maximum atomic E-state index is 12.0. The number of thioether (sulfide) groups is 1. The van der Waals surface area contributed by atoms with E-state index in [0.717, 1.165) is 0 Å². The first kappa shape index (κ1) is 18.5. The first-order chi connectivity index (χ1) is 12.0. The van der Waals surface area contributed by atoms with Crippen molar-refractivity contribution in [3.05, 3.63) is 36.2 Å². The largest absolute Gasteiger partial charge is 0.461 e. The fraction of sp³-hybridized carbons (Fsp3) is 0.250. The van der Waals surface area contributed by atoms with Crippen molar-refractivity contribution in [2.45, 2.75) is 19.0 Å². The summed E-state index contributed by atoms with van der Waals surface area (Å²) in [6.07, 6.45) is 1.37. The van der Waals surface area contributed by atoms with E-state index in [1.54, 1.807) is 31.2 Å². The number of amides is 2. The molecule has 0 aliphatic rings. The van der Waals surface area contributed by atoms with Gasteiger partial charge in [-0.3, -0.25) is 9.59 Å². The number of esters is 1. The van der Waals surface area contributed by atoms with Crippen molar-refractivity contribution in [2.24, 2.45) is 0 Å². The Hall–Kier alpha value is -2.81. The zero-order valence-corrected chi connectivity index (χ0v) is 14.6. The smallest absolute Gasteiger partial charge is 0.356 e. The van der Waals surface area contributed by atoms with Crippen molar-refractivity contribution in [3.63, 3.8) is 0 Å². The van der Waals surface area contributed by atoms with Crippen LogP contribution in [0.1, 0.15) is 24.3 Å². The molecule has 0 aliphatic carbocycles. The number of imidazole rings is 1. The molecule has 0 atom stereocenters. The Balaban J connectivity index is 1.82. The molecule has 2 amide bonds. The van der Waals surface area contributed by atoms with Crippen molar-refractivity contribution in [2.75, 3.05) is 23.0 Å². The first-order valence-electron chi connectivity index (χ1n) is 7.50. The Morgan fingerprint density at radius 3 is 2.40 bits per heavy atom. The standard InChI is InChI=1S/C16H18N4O4S/c1-3-24-15(23)13-8-17-16(20-13)25-9-14(22)19-12-6-4-11(5-7-12)18-10(2)21/h4-8H,3,9H2,1-2H3,(H,17,20)(H,18,21)(H,19,22). The molecule has 25 heavy (non-hydrogen) atoms. The van der Waals surface area contributed by atoms with Crippen LogP contribution in [0.2, 0.25) is 0 Å². The Morgan fingerprint density at radius 1 is 1.16 bits per heavy atom. The number of aromatic nitrogens is 2. The number of anilines is 2. The van der Waals surface area contributed by atoms with E-state index in [2.05, 4.69) is 20.6 Å². The molecule has 9 heteroatoms. The molecule has 0 radical (unpaired) electrons. The predicted octanol–water partition coefficient (Wildman–Crippen LogP) is 2.28. The molecule has 0 unspecified atom stereocenters. The SMILES string of the molecule is CCOC(=O)c1cnc(SCC(=O)Nc2ccc(NC(C)=O)cc2)[nH]1. The molecule has 1 aromatic heterocycles. The minimum absolute atomic E-state index is 0.128. The number of nitrogens with one attached hydrogen (secondary N) is 3. The maximum absolute atomic E-state index is 12.0. The second kappa shape index (κ2) is 8.88. The molecule has 0 saturated heterocycles. The average molecular weight is 362 g/mol. The molecule has 1 heterocycles. The van der Waals surface area contributed by atoms with Gasteiger partial charge in [0.15, 0.2) is 5.16 Å². The number of benzene rings is 1. The van der Waals surface area contributed by atoms with Gasteiger partial charge in [0.05, 0.1) is 18.6 Å². The molecule has 0 spiro atoms. The van der Waals surface area contributed by atoms with Gasteiger partial charge >= 0.3 is 5.97 Å². The predicted molar refractivity (Wildman–Crippen MR) is 94.6 cm³/mol. The number of carbonyl (C=O) groups is 3. The lowest BCUT2D eigenvalue weighted by Crippen LogP contribution is -2.14. The topological polar surface area (TPSA) is 113 Å². The molecule has 132 valence electrons. The van der Waals surface area contributed by atoms with Crippen LogP contribution in [0.15, 0.2) is 35.6 Å². The van der Waals surface area contributed by atoms with E-state index in [9.17, 15) is 14.4 Å². The average Bonchev–Trinajstić information content (AvgIpc) is 3.04. The highest BCUT2D eigenvalue weighted by Crippen LogP contribution is 2.17. The summed E-state index contributed by atoms with van der Waals surface area (Å²) in [6, 6.07) is 6.78. The summed E-state index contributed by atoms with van der Waals surface area (Å²) in [5.74, 6) is -0.728. The Bertz CT molecular complexity index is 758. The fourth-order valence-electron chi connectivity index (χ4n) is 1.86. The van der Waals surface area contributed by atoms with Crippen LogP contribution in [-0.4, -0.2) is 40.1 Å². The highest BCUT2D eigenvalue weighted by Gasteiger charge is 2.12. The van der Waals surface area contributed by atoms with Crippen molar-refractivity contribution < 1.29 is 19.1 Å². The molecule has 0 saturated carbocycles. The summed E-state index contributed by atoms with van der Waals surface area (Å²) in [5.41, 5.74) is 1.52. The van der Waals surface area contributed by atoms with Gasteiger partial charge in [-0.25, -0.2) is 9.78 Å². The molecule has 2 rings (SSSR count). The van der Waals surface area contributed by atoms with Crippen molar-refractivity contribution in [1.29, 1.82) is 0 Å². The molecular formula is C16H18N4O4S. The van der Waals surface area contributed by atoms with Crippen LogP contribution < -0.4 is 10.6 Å². The highest BCUT2D eigenvalue weighted by atomic mass is 32.2. The van der Waals surface area contributed by atoms with Gasteiger partial charge in [-0.1, -0.05) is 11.8 Å². The van der Waals surface area contributed by atoms with E-state index in [1.165, 1.54) is 24.9 Å². The summed E-state index contributed by atoms with van der Waals surface area (Å²) in [6.45, 7) is 3.43. The second-order valence-electron chi connectivity index (χ2n) is 4.92. The van der Waals surface area contributed by atoms with Gasteiger partial charge in [0.25, 0.3) is 0 Å². The number of nitrogens with zero attached hydrogens (tertiary/aromatic N) is 1. The lowest BCUT2D eigenvalue weighted by Gasteiger charge is -2.06. The van der Waals surface area contributed by atoms with Crippen LogP contribution in [0.3, 0.4) is 0 Å². The Kier molecular flexibility index (Phi) is 6.58. The minimum Gasteiger partial charge on any atom is -0.461 e. The van der Waals surface area contributed by atoms with Gasteiger partial charge in [0, 0.05) is 18.3 Å². The number of hydrogen-bond acceptors (Lipinski definition) is 6. The number of carbonyl (C=O) groups excluding carboxylic acids is 3. The normalized spacial score (nSPS) is 10.2. The van der Waals surface area contributed by atoms with Gasteiger partial charge in [0.2, 0.25) is 11.8 Å². The number of aromatic amines is 1. The van der Waals surface area contributed by atoms with Gasteiger partial charge in [0.1, 0.15) is 5.69 Å². The van der Waals surface area contributed by atoms with Crippen molar-refractivity contribution in [1.82, 2.24) is 9.97 Å². The molecule has 0 bridgehead atoms. The lowest BCUT2D eigenvalue weighted by molar-refractivity contribution is -0.114. The highest BCUT2D eigenvalue weighted by molar-refractivity contribution is 7.99. The summed E-state index contributed by atoms with van der Waals surface area (Å²) >= 11 is 1.17. The number of H-pyrrole nitrogens is 1. The Morgan fingerprint density at radius 2 is 1.80 bits per heavy atom.